The van der Waals surface area contributed by atoms with Gasteiger partial charge in [-0.3, -0.25) is 9.59 Å². The second kappa shape index (κ2) is 10.7. The number of carbonyl (C=O) groups is 2. The highest BCUT2D eigenvalue weighted by Gasteiger charge is 2.32. The fraction of sp³-hybridized carbons (Fsp3) is 0.517. The van der Waals surface area contributed by atoms with Crippen LogP contribution in [0.3, 0.4) is 0 Å². The van der Waals surface area contributed by atoms with Crippen molar-refractivity contribution in [3.63, 3.8) is 0 Å². The topological polar surface area (TPSA) is 129 Å². The molecule has 0 aliphatic heterocycles. The van der Waals surface area contributed by atoms with E-state index in [0.29, 0.717) is 23.6 Å². The van der Waals surface area contributed by atoms with Gasteiger partial charge in [0.15, 0.2) is 0 Å². The van der Waals surface area contributed by atoms with E-state index in [1.165, 1.54) is 26.1 Å². The van der Waals surface area contributed by atoms with Crippen molar-refractivity contribution in [3.05, 3.63) is 41.3 Å². The van der Waals surface area contributed by atoms with Gasteiger partial charge in [0.2, 0.25) is 5.91 Å². The third-order valence-corrected chi connectivity index (χ3v) is 7.77. The summed E-state index contributed by atoms with van der Waals surface area (Å²) in [5.74, 6) is 1.06. The maximum absolute atomic E-state index is 13.5. The molecule has 2 aliphatic carbocycles. The van der Waals surface area contributed by atoms with E-state index in [-0.39, 0.29) is 29.8 Å². The highest BCUT2D eigenvalue weighted by atomic mass is 16.5. The quantitative estimate of drug-likeness (QED) is 0.358. The average molecular weight is 520 g/mol. The number of rotatable bonds is 8. The van der Waals surface area contributed by atoms with Gasteiger partial charge in [-0.2, -0.15) is 0 Å². The van der Waals surface area contributed by atoms with Crippen molar-refractivity contribution >= 4 is 22.8 Å². The number of benzene rings is 1. The first kappa shape index (κ1) is 26.2. The summed E-state index contributed by atoms with van der Waals surface area (Å²) in [5, 5.41) is 15.6. The molecule has 4 N–H and O–H groups in total. The Hall–Kier alpha value is -3.46. The van der Waals surface area contributed by atoms with Gasteiger partial charge < -0.3 is 25.5 Å². The number of aromatic amines is 1. The Kier molecular flexibility index (Phi) is 7.38. The number of H-pyrrole nitrogens is 1. The van der Waals surface area contributed by atoms with Gasteiger partial charge in [-0.05, 0) is 76.8 Å². The van der Waals surface area contributed by atoms with E-state index in [9.17, 15) is 14.7 Å². The number of nitrogens with one attached hydrogen (secondary N) is 3. The molecule has 0 radical (unpaired) electrons. The maximum atomic E-state index is 13.5. The molecule has 2 saturated carbocycles. The molecule has 0 bridgehead atoms. The highest BCUT2D eigenvalue weighted by molar-refractivity contribution is 6.09. The molecule has 9 nitrogen and oxygen atoms in total. The molecule has 38 heavy (non-hydrogen) atoms. The number of fused-ring (bicyclic) bond motifs is 1. The van der Waals surface area contributed by atoms with Crippen LogP contribution >= 0.6 is 0 Å². The number of hydrogen-bond acceptors (Lipinski definition) is 6. The fourth-order valence-electron chi connectivity index (χ4n) is 5.35. The van der Waals surface area contributed by atoms with E-state index in [1.807, 2.05) is 26.0 Å². The third-order valence-electron chi connectivity index (χ3n) is 7.77. The van der Waals surface area contributed by atoms with Gasteiger partial charge in [0.1, 0.15) is 29.4 Å². The molecule has 5 rings (SSSR count). The van der Waals surface area contributed by atoms with Gasteiger partial charge in [0.05, 0.1) is 17.7 Å². The summed E-state index contributed by atoms with van der Waals surface area (Å²) < 4.78 is 6.17. The lowest BCUT2D eigenvalue weighted by molar-refractivity contribution is -0.129. The van der Waals surface area contributed by atoms with Crippen LogP contribution in [0.4, 0.5) is 0 Å². The van der Waals surface area contributed by atoms with Crippen molar-refractivity contribution in [1.29, 1.82) is 0 Å². The van der Waals surface area contributed by atoms with Crippen molar-refractivity contribution in [2.75, 3.05) is 6.61 Å². The molecular weight excluding hydrogens is 482 g/mol. The van der Waals surface area contributed by atoms with E-state index < -0.39 is 6.10 Å². The second-order valence-corrected chi connectivity index (χ2v) is 11.1. The van der Waals surface area contributed by atoms with E-state index in [2.05, 4.69) is 38.6 Å². The van der Waals surface area contributed by atoms with Gasteiger partial charge in [-0.15, -0.1) is 0 Å². The Bertz CT molecular complexity index is 1350. The number of aromatic nitrogens is 3. The largest absolute Gasteiger partial charge is 0.493 e. The van der Waals surface area contributed by atoms with Gasteiger partial charge in [0, 0.05) is 23.3 Å². The van der Waals surface area contributed by atoms with Crippen LogP contribution in [-0.2, 0) is 4.79 Å². The third kappa shape index (κ3) is 5.53. The zero-order valence-corrected chi connectivity index (χ0v) is 22.5. The van der Waals surface area contributed by atoms with Crippen LogP contribution in [-0.4, -0.2) is 56.7 Å². The molecule has 2 aromatic heterocycles. The molecule has 2 amide bonds. The number of aryl methyl sites for hydroxylation is 2. The number of amides is 2. The van der Waals surface area contributed by atoms with Gasteiger partial charge in [0.25, 0.3) is 5.91 Å². The van der Waals surface area contributed by atoms with Crippen LogP contribution in [0.15, 0.2) is 24.5 Å². The molecule has 2 aliphatic rings. The Morgan fingerprint density at radius 2 is 1.95 bits per heavy atom. The number of carbonyl (C=O) groups excluding carboxylic acids is 2. The first-order chi connectivity index (χ1) is 18.2. The zero-order chi connectivity index (χ0) is 27.0. The minimum atomic E-state index is -1.03. The van der Waals surface area contributed by atoms with Crippen molar-refractivity contribution in [3.8, 4) is 17.0 Å². The lowest BCUT2D eigenvalue weighted by Gasteiger charge is -2.35. The van der Waals surface area contributed by atoms with Crippen LogP contribution in [0.25, 0.3) is 22.3 Å². The van der Waals surface area contributed by atoms with E-state index in [0.717, 1.165) is 53.0 Å². The molecule has 202 valence electrons. The number of nitrogens with zero attached hydrogens (tertiary/aromatic N) is 2. The van der Waals surface area contributed by atoms with Crippen LogP contribution in [0.1, 0.15) is 67.6 Å². The number of aliphatic hydroxyl groups excluding tert-OH is 1. The monoisotopic (exact) mass is 519 g/mol. The van der Waals surface area contributed by atoms with Crippen LogP contribution in [0.5, 0.6) is 5.75 Å². The highest BCUT2D eigenvalue weighted by Crippen LogP contribution is 2.37. The van der Waals surface area contributed by atoms with E-state index in [1.54, 1.807) is 0 Å². The standard InChI is InChI=1S/C29H37N5O4/c1-15-5-10-23(38-13-19-6-7-19)21(11-15)25-27-26(31-14-30-25)24(17(3)32-27)29(37)34-22-9-8-20(12-16(22)2)33-28(36)18(4)35/h5,10-11,14,16,18-20,22,32,35H,6-9,12-13H2,1-4H3,(H,33,36)(H,34,37)/t16?,18-,20?,22?/m0/s1. The molecule has 9 heteroatoms. The summed E-state index contributed by atoms with van der Waals surface area (Å²) in [6, 6.07) is 6.07. The summed E-state index contributed by atoms with van der Waals surface area (Å²) in [6.07, 6.45) is 5.12. The lowest BCUT2D eigenvalue weighted by Crippen LogP contribution is -2.49. The maximum Gasteiger partial charge on any atom is 0.255 e. The van der Waals surface area contributed by atoms with Crippen molar-refractivity contribution in [2.24, 2.45) is 11.8 Å². The SMILES string of the molecule is Cc1ccc(OCC2CC2)c(-c2ncnc3c(C(=O)NC4CCC(NC(=O)[C@H](C)O)CC4C)c(C)[nH]c23)c1. The first-order valence-corrected chi connectivity index (χ1v) is 13.6. The summed E-state index contributed by atoms with van der Waals surface area (Å²) >= 11 is 0. The summed E-state index contributed by atoms with van der Waals surface area (Å²) in [4.78, 5) is 37.9. The first-order valence-electron chi connectivity index (χ1n) is 13.6. The normalized spacial score (nSPS) is 22.2. The van der Waals surface area contributed by atoms with Gasteiger partial charge in [-0.1, -0.05) is 18.6 Å². The fourth-order valence-corrected chi connectivity index (χ4v) is 5.35. The van der Waals surface area contributed by atoms with E-state index in [4.69, 9.17) is 4.74 Å². The molecule has 3 unspecified atom stereocenters. The molecule has 1 aromatic carbocycles. The average Bonchev–Trinajstić information content (AvgIpc) is 3.64. The molecular formula is C29H37N5O4. The van der Waals surface area contributed by atoms with Crippen molar-refractivity contribution in [1.82, 2.24) is 25.6 Å². The van der Waals surface area contributed by atoms with Gasteiger partial charge >= 0.3 is 0 Å². The molecule has 0 spiro atoms. The Balaban J connectivity index is 1.37. The number of hydrogen-bond donors (Lipinski definition) is 4. The molecule has 2 heterocycles. The lowest BCUT2D eigenvalue weighted by atomic mass is 9.82. The predicted octanol–water partition coefficient (Wildman–Crippen LogP) is 3.81. The number of ether oxygens (including phenoxy) is 1. The van der Waals surface area contributed by atoms with Gasteiger partial charge in [-0.25, -0.2) is 9.97 Å². The van der Waals surface area contributed by atoms with Crippen molar-refractivity contribution < 1.29 is 19.4 Å². The Morgan fingerprint density at radius 1 is 1.16 bits per heavy atom. The molecule has 2 fully saturated rings. The van der Waals surface area contributed by atoms with E-state index >= 15 is 0 Å². The molecule has 4 atom stereocenters. The molecule has 0 saturated heterocycles. The van der Waals surface area contributed by atoms with Crippen molar-refractivity contribution in [2.45, 2.75) is 78.0 Å². The minimum absolute atomic E-state index is 0.00367. The van der Waals surface area contributed by atoms with Crippen LogP contribution < -0.4 is 15.4 Å². The Labute approximate surface area is 222 Å². The summed E-state index contributed by atoms with van der Waals surface area (Å²) in [6.45, 7) is 8.16. The second-order valence-electron chi connectivity index (χ2n) is 11.1. The Morgan fingerprint density at radius 3 is 2.66 bits per heavy atom. The summed E-state index contributed by atoms with van der Waals surface area (Å²) in [7, 11) is 0. The summed E-state index contributed by atoms with van der Waals surface area (Å²) in [5.41, 5.74) is 5.26. The predicted molar refractivity (Wildman–Crippen MR) is 145 cm³/mol. The van der Waals surface area contributed by atoms with Crippen LogP contribution in [0.2, 0.25) is 0 Å². The molecule has 3 aromatic rings. The number of aliphatic hydroxyl groups is 1. The minimum Gasteiger partial charge on any atom is -0.493 e. The zero-order valence-electron chi connectivity index (χ0n) is 22.5. The van der Waals surface area contributed by atoms with Crippen LogP contribution in [0, 0.1) is 25.7 Å². The smallest absolute Gasteiger partial charge is 0.255 e.